The van der Waals surface area contributed by atoms with Crippen LogP contribution in [0.4, 0.5) is 0 Å². The lowest BCUT2D eigenvalue weighted by Gasteiger charge is -2.33. The Kier molecular flexibility index (Phi) is 5.36. The van der Waals surface area contributed by atoms with Crippen LogP contribution in [0, 0.1) is 0 Å². The fourth-order valence-electron chi connectivity index (χ4n) is 2.90. The predicted octanol–water partition coefficient (Wildman–Crippen LogP) is 1.06. The molecular weight excluding hydrogens is 268 g/mol. The third-order valence-electron chi connectivity index (χ3n) is 4.16. The first kappa shape index (κ1) is 16.0. The number of β-amino-alcohol motifs (C(OH)–C–C–N with tert-alkyl or cyclic N) is 1. The highest BCUT2D eigenvalue weighted by Gasteiger charge is 2.27. The van der Waals surface area contributed by atoms with Gasteiger partial charge in [0.25, 0.3) is 5.91 Å². The van der Waals surface area contributed by atoms with Crippen LogP contribution in [0.25, 0.3) is 0 Å². The van der Waals surface area contributed by atoms with Gasteiger partial charge in [0.1, 0.15) is 0 Å². The number of nitrogens with one attached hydrogen (secondary N) is 1. The number of likely N-dealkylation sites (tertiary alicyclic amines) is 1. The van der Waals surface area contributed by atoms with Crippen LogP contribution in [0.2, 0.25) is 0 Å². The van der Waals surface area contributed by atoms with Crippen LogP contribution < -0.4 is 0 Å². The number of carbonyl (C=O) groups is 1. The van der Waals surface area contributed by atoms with E-state index in [-0.39, 0.29) is 17.9 Å². The van der Waals surface area contributed by atoms with Gasteiger partial charge in [0.05, 0.1) is 23.6 Å². The van der Waals surface area contributed by atoms with Crippen molar-refractivity contribution in [1.82, 2.24) is 20.0 Å². The van der Waals surface area contributed by atoms with Gasteiger partial charge in [-0.05, 0) is 25.8 Å². The van der Waals surface area contributed by atoms with Crippen molar-refractivity contribution >= 4 is 5.91 Å². The summed E-state index contributed by atoms with van der Waals surface area (Å²) in [6, 6.07) is 0. The van der Waals surface area contributed by atoms with Gasteiger partial charge in [-0.25, -0.2) is 0 Å². The van der Waals surface area contributed by atoms with Crippen LogP contribution in [-0.4, -0.2) is 70.8 Å². The molecule has 6 nitrogen and oxygen atoms in total. The van der Waals surface area contributed by atoms with Crippen LogP contribution >= 0.6 is 0 Å². The van der Waals surface area contributed by atoms with Gasteiger partial charge in [-0.2, -0.15) is 5.10 Å². The molecule has 2 atom stereocenters. The molecular formula is C15H26N4O2. The third-order valence-corrected chi connectivity index (χ3v) is 4.16. The number of piperidine rings is 1. The number of aliphatic hydroxyl groups excluding tert-OH is 1. The maximum atomic E-state index is 12.2. The quantitative estimate of drug-likeness (QED) is 0.852. The number of aliphatic hydroxyl groups is 1. The first-order valence-corrected chi connectivity index (χ1v) is 7.68. The topological polar surface area (TPSA) is 72.5 Å². The smallest absolute Gasteiger partial charge is 0.256 e. The number of aromatic nitrogens is 2. The number of amides is 1. The highest BCUT2D eigenvalue weighted by Crippen LogP contribution is 2.28. The molecule has 1 aliphatic heterocycles. The van der Waals surface area contributed by atoms with Crippen molar-refractivity contribution in [1.29, 1.82) is 0 Å². The molecule has 6 heteroatoms. The van der Waals surface area contributed by atoms with E-state index in [0.29, 0.717) is 12.1 Å². The van der Waals surface area contributed by atoms with Gasteiger partial charge in [-0.15, -0.1) is 0 Å². The number of hydrogen-bond acceptors (Lipinski definition) is 4. The summed E-state index contributed by atoms with van der Waals surface area (Å²) in [5, 5.41) is 16.9. The minimum absolute atomic E-state index is 0.00975. The van der Waals surface area contributed by atoms with Crippen LogP contribution in [-0.2, 0) is 0 Å². The first-order valence-electron chi connectivity index (χ1n) is 7.68. The molecule has 1 fully saturated rings. The number of carbonyl (C=O) groups excluding carboxylic acids is 1. The number of hydrogen-bond donors (Lipinski definition) is 2. The minimum atomic E-state index is -0.270. The molecule has 0 spiro atoms. The number of H-pyrrole nitrogens is 1. The highest BCUT2D eigenvalue weighted by atomic mass is 16.3. The first-order chi connectivity index (χ1) is 10.0. The van der Waals surface area contributed by atoms with Crippen molar-refractivity contribution in [3.8, 4) is 0 Å². The lowest BCUT2D eigenvalue weighted by atomic mass is 9.92. The average molecular weight is 294 g/mol. The molecule has 2 rings (SSSR count). The Morgan fingerprint density at radius 3 is 3.05 bits per heavy atom. The summed E-state index contributed by atoms with van der Waals surface area (Å²) in [5.74, 6) is 0.272. The molecule has 0 radical (unpaired) electrons. The fraction of sp³-hybridized carbons (Fsp3) is 0.733. The second-order valence-electron chi connectivity index (χ2n) is 6.06. The largest absolute Gasteiger partial charge is 0.392 e. The van der Waals surface area contributed by atoms with Gasteiger partial charge in [0, 0.05) is 33.1 Å². The molecule has 0 aromatic carbocycles. The van der Waals surface area contributed by atoms with Crippen LogP contribution in [0.15, 0.2) is 6.20 Å². The Balaban J connectivity index is 2.08. The SMILES string of the molecule is CC[C@H](O)CN1CCC[C@@H](c2[nH]ncc2C(=O)N(C)C)C1. The fourth-order valence-corrected chi connectivity index (χ4v) is 2.90. The molecule has 1 amide bonds. The zero-order valence-corrected chi connectivity index (χ0v) is 13.2. The average Bonchev–Trinajstić information content (AvgIpc) is 2.95. The monoisotopic (exact) mass is 294 g/mol. The van der Waals surface area contributed by atoms with Gasteiger partial charge >= 0.3 is 0 Å². The zero-order chi connectivity index (χ0) is 15.4. The molecule has 0 bridgehead atoms. The Morgan fingerprint density at radius 1 is 1.62 bits per heavy atom. The molecule has 0 saturated carbocycles. The predicted molar refractivity (Wildman–Crippen MR) is 81.3 cm³/mol. The van der Waals surface area contributed by atoms with E-state index in [0.717, 1.165) is 38.0 Å². The summed E-state index contributed by atoms with van der Waals surface area (Å²) < 4.78 is 0. The lowest BCUT2D eigenvalue weighted by molar-refractivity contribution is 0.0817. The van der Waals surface area contributed by atoms with Crippen LogP contribution in [0.3, 0.4) is 0 Å². The Morgan fingerprint density at radius 2 is 2.38 bits per heavy atom. The zero-order valence-electron chi connectivity index (χ0n) is 13.2. The van der Waals surface area contributed by atoms with E-state index in [1.807, 2.05) is 6.92 Å². The summed E-state index contributed by atoms with van der Waals surface area (Å²) in [6.07, 6.45) is 4.26. The maximum Gasteiger partial charge on any atom is 0.256 e. The molecule has 21 heavy (non-hydrogen) atoms. The van der Waals surface area contributed by atoms with Crippen molar-refractivity contribution in [2.45, 2.75) is 38.2 Å². The molecule has 2 N–H and O–H groups in total. The minimum Gasteiger partial charge on any atom is -0.392 e. The van der Waals surface area contributed by atoms with Crippen molar-refractivity contribution in [3.63, 3.8) is 0 Å². The lowest BCUT2D eigenvalue weighted by Crippen LogP contribution is -2.39. The normalized spacial score (nSPS) is 21.2. The van der Waals surface area contributed by atoms with E-state index >= 15 is 0 Å². The summed E-state index contributed by atoms with van der Waals surface area (Å²) in [4.78, 5) is 16.1. The molecule has 1 aromatic rings. The maximum absolute atomic E-state index is 12.2. The van der Waals surface area contributed by atoms with E-state index in [4.69, 9.17) is 0 Å². The molecule has 0 unspecified atom stereocenters. The number of aromatic amines is 1. The van der Waals surface area contributed by atoms with E-state index in [1.165, 1.54) is 0 Å². The number of nitrogens with zero attached hydrogens (tertiary/aromatic N) is 3. The molecule has 1 saturated heterocycles. The summed E-state index contributed by atoms with van der Waals surface area (Å²) >= 11 is 0. The standard InChI is InChI=1S/C15H26N4O2/c1-4-12(20)10-19-7-5-6-11(9-19)14-13(8-16-17-14)15(21)18(2)3/h8,11-12,20H,4-7,9-10H2,1-3H3,(H,16,17)/t11-,12+/m1/s1. The third kappa shape index (κ3) is 3.83. The molecule has 1 aliphatic rings. The van der Waals surface area contributed by atoms with Crippen LogP contribution in [0.1, 0.15) is 48.2 Å². The van der Waals surface area contributed by atoms with E-state index in [9.17, 15) is 9.90 Å². The van der Waals surface area contributed by atoms with Crippen molar-refractivity contribution in [3.05, 3.63) is 17.5 Å². The van der Waals surface area contributed by atoms with Crippen molar-refractivity contribution in [2.24, 2.45) is 0 Å². The second kappa shape index (κ2) is 7.04. The number of rotatable bonds is 5. The summed E-state index contributed by atoms with van der Waals surface area (Å²) in [6.45, 7) is 4.58. The molecule has 0 aliphatic carbocycles. The Hall–Kier alpha value is -1.40. The van der Waals surface area contributed by atoms with E-state index in [1.54, 1.807) is 25.2 Å². The molecule has 1 aromatic heterocycles. The van der Waals surface area contributed by atoms with Crippen molar-refractivity contribution < 1.29 is 9.90 Å². The van der Waals surface area contributed by atoms with E-state index < -0.39 is 0 Å². The highest BCUT2D eigenvalue weighted by molar-refractivity contribution is 5.94. The van der Waals surface area contributed by atoms with Crippen molar-refractivity contribution in [2.75, 3.05) is 33.7 Å². The summed E-state index contributed by atoms with van der Waals surface area (Å²) in [5.41, 5.74) is 1.60. The molecule has 2 heterocycles. The molecule has 118 valence electrons. The summed E-state index contributed by atoms with van der Waals surface area (Å²) in [7, 11) is 3.51. The van der Waals surface area contributed by atoms with Gasteiger partial charge in [0.2, 0.25) is 0 Å². The second-order valence-corrected chi connectivity index (χ2v) is 6.06. The van der Waals surface area contributed by atoms with Crippen LogP contribution in [0.5, 0.6) is 0 Å². The van der Waals surface area contributed by atoms with Gasteiger partial charge < -0.3 is 14.9 Å². The Bertz CT molecular complexity index is 472. The van der Waals surface area contributed by atoms with Gasteiger partial charge in [0.15, 0.2) is 0 Å². The van der Waals surface area contributed by atoms with Gasteiger partial charge in [-0.1, -0.05) is 6.92 Å². The van der Waals surface area contributed by atoms with Gasteiger partial charge in [-0.3, -0.25) is 9.89 Å². The van der Waals surface area contributed by atoms with E-state index in [2.05, 4.69) is 15.1 Å². The Labute approximate surface area is 126 Å².